The molecule has 0 spiro atoms. The van der Waals surface area contributed by atoms with Crippen molar-refractivity contribution in [1.29, 1.82) is 0 Å². The van der Waals surface area contributed by atoms with E-state index in [-0.39, 0.29) is 5.91 Å². The number of thiazole rings is 1. The van der Waals surface area contributed by atoms with E-state index in [0.29, 0.717) is 17.1 Å². The summed E-state index contributed by atoms with van der Waals surface area (Å²) in [5.74, 6) is -0.769. The van der Waals surface area contributed by atoms with E-state index in [1.54, 1.807) is 12.1 Å². The Morgan fingerprint density at radius 3 is 3.12 bits per heavy atom. The Bertz CT molecular complexity index is 817. The minimum absolute atomic E-state index is 0.322. The fourth-order valence-electron chi connectivity index (χ4n) is 3.04. The zero-order valence-electron chi connectivity index (χ0n) is 13.2. The number of fused-ring (bicyclic) bond motifs is 2. The number of cyclic esters (lactones) is 1. The van der Waals surface area contributed by atoms with Gasteiger partial charge in [-0.3, -0.25) is 10.1 Å². The molecule has 0 saturated carbocycles. The highest BCUT2D eigenvalue weighted by Crippen LogP contribution is 2.28. The topological polar surface area (TPSA) is 71.5 Å². The molecular weight excluding hydrogens is 326 g/mol. The summed E-state index contributed by atoms with van der Waals surface area (Å²) in [6.07, 6.45) is 0.474. The lowest BCUT2D eigenvalue weighted by atomic mass is 9.98. The first-order valence-electron chi connectivity index (χ1n) is 7.87. The van der Waals surface area contributed by atoms with Gasteiger partial charge >= 0.3 is 5.97 Å². The lowest BCUT2D eigenvalue weighted by Crippen LogP contribution is -2.37. The number of rotatable bonds is 2. The number of nitrogens with zero attached hydrogens (tertiary/aromatic N) is 2. The van der Waals surface area contributed by atoms with Gasteiger partial charge in [-0.2, -0.15) is 0 Å². The van der Waals surface area contributed by atoms with Crippen LogP contribution in [0.15, 0.2) is 24.3 Å². The number of ether oxygens (including phenoxy) is 1. The van der Waals surface area contributed by atoms with Crippen molar-refractivity contribution >= 4 is 28.3 Å². The minimum Gasteiger partial charge on any atom is -0.448 e. The molecule has 0 fully saturated rings. The van der Waals surface area contributed by atoms with E-state index in [9.17, 15) is 9.59 Å². The van der Waals surface area contributed by atoms with Crippen LogP contribution in [-0.4, -0.2) is 41.5 Å². The summed E-state index contributed by atoms with van der Waals surface area (Å²) in [5.41, 5.74) is 2.43. The molecule has 0 saturated heterocycles. The van der Waals surface area contributed by atoms with Gasteiger partial charge in [0.25, 0.3) is 5.91 Å². The number of nitrogens with one attached hydrogen (secondary N) is 1. The highest BCUT2D eigenvalue weighted by atomic mass is 32.1. The first kappa shape index (κ1) is 15.3. The van der Waals surface area contributed by atoms with Crippen LogP contribution in [0.2, 0.25) is 0 Å². The van der Waals surface area contributed by atoms with Gasteiger partial charge in [-0.05, 0) is 18.7 Å². The molecule has 1 aromatic carbocycles. The zero-order chi connectivity index (χ0) is 16.7. The molecule has 7 heteroatoms. The Hall–Kier alpha value is -2.25. The predicted octanol–water partition coefficient (Wildman–Crippen LogP) is 1.85. The second-order valence-corrected chi connectivity index (χ2v) is 7.20. The average molecular weight is 343 g/mol. The molecule has 1 amide bonds. The van der Waals surface area contributed by atoms with Crippen LogP contribution in [-0.2, 0) is 28.9 Å². The number of amides is 1. The van der Waals surface area contributed by atoms with E-state index in [1.807, 2.05) is 12.1 Å². The molecule has 6 nitrogen and oxygen atoms in total. The van der Waals surface area contributed by atoms with Crippen molar-refractivity contribution in [3.05, 3.63) is 46.0 Å². The number of aromatic nitrogens is 1. The van der Waals surface area contributed by atoms with E-state index in [1.165, 1.54) is 16.2 Å². The molecule has 1 unspecified atom stereocenters. The molecule has 0 aliphatic carbocycles. The number of carbonyl (C=O) groups is 2. The molecule has 2 aromatic rings. The van der Waals surface area contributed by atoms with Gasteiger partial charge < -0.3 is 9.64 Å². The summed E-state index contributed by atoms with van der Waals surface area (Å²) in [6, 6.07) is 7.22. The molecule has 24 heavy (non-hydrogen) atoms. The van der Waals surface area contributed by atoms with E-state index >= 15 is 0 Å². The van der Waals surface area contributed by atoms with Crippen LogP contribution in [0.5, 0.6) is 0 Å². The van der Waals surface area contributed by atoms with Crippen LogP contribution in [0, 0.1) is 0 Å². The smallest absolute Gasteiger partial charge is 0.339 e. The van der Waals surface area contributed by atoms with Crippen molar-refractivity contribution < 1.29 is 14.3 Å². The van der Waals surface area contributed by atoms with Gasteiger partial charge in [-0.15, -0.1) is 11.3 Å². The molecule has 124 valence electrons. The second kappa shape index (κ2) is 5.99. The maximum absolute atomic E-state index is 12.5. The number of carbonyl (C=O) groups excluding carboxylic acids is 2. The molecule has 1 atom stereocenters. The van der Waals surface area contributed by atoms with Gasteiger partial charge in [0.15, 0.2) is 11.2 Å². The summed E-state index contributed by atoms with van der Waals surface area (Å²) in [6.45, 7) is 1.83. The third-order valence-corrected chi connectivity index (χ3v) is 5.33. The van der Waals surface area contributed by atoms with Gasteiger partial charge in [0.1, 0.15) is 0 Å². The Morgan fingerprint density at radius 2 is 2.25 bits per heavy atom. The predicted molar refractivity (Wildman–Crippen MR) is 90.1 cm³/mol. The quantitative estimate of drug-likeness (QED) is 0.843. The maximum Gasteiger partial charge on any atom is 0.339 e. The van der Waals surface area contributed by atoms with Crippen LogP contribution in [0.25, 0.3) is 0 Å². The highest BCUT2D eigenvalue weighted by Gasteiger charge is 2.31. The SMILES string of the molecule is CN1CCc2nc(NC(=O)C3Cc4ccccc4C(=O)O3)sc2C1. The lowest BCUT2D eigenvalue weighted by Gasteiger charge is -2.23. The van der Waals surface area contributed by atoms with Crippen LogP contribution in [0.4, 0.5) is 5.13 Å². The van der Waals surface area contributed by atoms with Crippen molar-refractivity contribution in [3.8, 4) is 0 Å². The van der Waals surface area contributed by atoms with Gasteiger partial charge in [0.05, 0.1) is 11.3 Å². The van der Waals surface area contributed by atoms with Gasteiger partial charge in [0, 0.05) is 30.8 Å². The highest BCUT2D eigenvalue weighted by molar-refractivity contribution is 7.15. The standard InChI is InChI=1S/C17H17N3O3S/c1-20-7-6-12-14(9-20)24-17(18-12)19-15(21)13-8-10-4-2-3-5-11(10)16(22)23-13/h2-5,13H,6-9H2,1H3,(H,18,19,21). The van der Waals surface area contributed by atoms with Crippen molar-refractivity contribution in [3.63, 3.8) is 0 Å². The largest absolute Gasteiger partial charge is 0.448 e. The number of hydrogen-bond acceptors (Lipinski definition) is 6. The molecule has 4 rings (SSSR count). The van der Waals surface area contributed by atoms with Crippen molar-refractivity contribution in [2.24, 2.45) is 0 Å². The van der Waals surface area contributed by atoms with Crippen molar-refractivity contribution in [2.45, 2.75) is 25.5 Å². The Balaban J connectivity index is 1.49. The van der Waals surface area contributed by atoms with Crippen molar-refractivity contribution in [1.82, 2.24) is 9.88 Å². The molecule has 0 bridgehead atoms. The van der Waals surface area contributed by atoms with Gasteiger partial charge in [0.2, 0.25) is 0 Å². The summed E-state index contributed by atoms with van der Waals surface area (Å²) < 4.78 is 5.28. The Kier molecular flexibility index (Phi) is 3.82. The molecule has 0 radical (unpaired) electrons. The molecule has 1 aromatic heterocycles. The third kappa shape index (κ3) is 2.81. The van der Waals surface area contributed by atoms with Crippen LogP contribution in [0.1, 0.15) is 26.5 Å². The van der Waals surface area contributed by atoms with E-state index in [0.717, 1.165) is 30.8 Å². The summed E-state index contributed by atoms with van der Waals surface area (Å²) in [4.78, 5) is 32.4. The van der Waals surface area contributed by atoms with Gasteiger partial charge in [-0.25, -0.2) is 9.78 Å². The summed E-state index contributed by atoms with van der Waals surface area (Å²) in [5, 5.41) is 3.39. The number of benzene rings is 1. The molecule has 2 aliphatic heterocycles. The first-order chi connectivity index (χ1) is 11.6. The molecule has 2 aliphatic rings. The normalized spacial score (nSPS) is 20.0. The molecule has 3 heterocycles. The zero-order valence-corrected chi connectivity index (χ0v) is 14.1. The van der Waals surface area contributed by atoms with E-state index in [2.05, 4.69) is 22.2 Å². The van der Waals surface area contributed by atoms with E-state index < -0.39 is 12.1 Å². The number of esters is 1. The van der Waals surface area contributed by atoms with Crippen molar-refractivity contribution in [2.75, 3.05) is 18.9 Å². The fourth-order valence-corrected chi connectivity index (χ4v) is 4.13. The monoisotopic (exact) mass is 343 g/mol. The van der Waals surface area contributed by atoms with Crippen LogP contribution >= 0.6 is 11.3 Å². The van der Waals surface area contributed by atoms with E-state index in [4.69, 9.17) is 4.74 Å². The number of anilines is 1. The molecule has 1 N–H and O–H groups in total. The Morgan fingerprint density at radius 1 is 1.42 bits per heavy atom. The summed E-state index contributed by atoms with van der Waals surface area (Å²) in [7, 11) is 2.07. The number of hydrogen-bond donors (Lipinski definition) is 1. The third-order valence-electron chi connectivity index (χ3n) is 4.34. The average Bonchev–Trinajstić information content (AvgIpc) is 2.96. The lowest BCUT2D eigenvalue weighted by molar-refractivity contribution is -0.125. The molecular formula is C17H17N3O3S. The fraction of sp³-hybridized carbons (Fsp3) is 0.353. The van der Waals surface area contributed by atoms with Crippen LogP contribution in [0.3, 0.4) is 0 Å². The summed E-state index contributed by atoms with van der Waals surface area (Å²) >= 11 is 1.49. The number of likely N-dealkylation sites (N-methyl/N-ethyl adjacent to an activating group) is 1. The van der Waals surface area contributed by atoms with Gasteiger partial charge in [-0.1, -0.05) is 18.2 Å². The first-order valence-corrected chi connectivity index (χ1v) is 8.68. The maximum atomic E-state index is 12.5. The Labute approximate surface area is 143 Å². The minimum atomic E-state index is -0.809. The van der Waals surface area contributed by atoms with Crippen LogP contribution < -0.4 is 5.32 Å². The second-order valence-electron chi connectivity index (χ2n) is 6.12.